The number of hydrogen-bond acceptors (Lipinski definition) is 4. The van der Waals surface area contributed by atoms with Gasteiger partial charge in [0.15, 0.2) is 0 Å². The average Bonchev–Trinajstić information content (AvgIpc) is 2.41. The molecule has 1 aromatic carbocycles. The van der Waals surface area contributed by atoms with E-state index in [0.29, 0.717) is 12.1 Å². The van der Waals surface area contributed by atoms with Gasteiger partial charge in [0.2, 0.25) is 0 Å². The lowest BCUT2D eigenvalue weighted by atomic mass is 10.1. The summed E-state index contributed by atoms with van der Waals surface area (Å²) in [6.07, 6.45) is 0.270. The highest BCUT2D eigenvalue weighted by molar-refractivity contribution is 6.32. The molecule has 6 nitrogen and oxygen atoms in total. The number of oxime groups is 1. The quantitative estimate of drug-likeness (QED) is 0.335. The van der Waals surface area contributed by atoms with Crippen molar-refractivity contribution in [1.82, 2.24) is 4.90 Å². The number of phenolic OH excluding ortho intramolecular Hbond substituents is 1. The lowest BCUT2D eigenvalue weighted by Crippen LogP contribution is -2.39. The maximum Gasteiger partial charge on any atom is 0.254 e. The number of amides is 1. The lowest BCUT2D eigenvalue weighted by Gasteiger charge is -2.26. The van der Waals surface area contributed by atoms with Crippen molar-refractivity contribution in [3.05, 3.63) is 28.8 Å². The van der Waals surface area contributed by atoms with Gasteiger partial charge in [-0.1, -0.05) is 16.8 Å². The Labute approximate surface area is 122 Å². The maximum atomic E-state index is 12.4. The van der Waals surface area contributed by atoms with E-state index in [0.717, 1.165) is 0 Å². The minimum Gasteiger partial charge on any atom is -0.506 e. The van der Waals surface area contributed by atoms with Gasteiger partial charge in [0.25, 0.3) is 5.91 Å². The third-order valence-corrected chi connectivity index (χ3v) is 3.12. The molecule has 7 heteroatoms. The molecule has 20 heavy (non-hydrogen) atoms. The van der Waals surface area contributed by atoms with Gasteiger partial charge in [0.1, 0.15) is 11.6 Å². The highest BCUT2D eigenvalue weighted by Gasteiger charge is 2.19. The Morgan fingerprint density at radius 2 is 2.15 bits per heavy atom. The lowest BCUT2D eigenvalue weighted by molar-refractivity contribution is 0.0711. The molecule has 0 saturated carbocycles. The van der Waals surface area contributed by atoms with Crippen molar-refractivity contribution in [3.8, 4) is 5.75 Å². The summed E-state index contributed by atoms with van der Waals surface area (Å²) in [5, 5.41) is 20.9. The van der Waals surface area contributed by atoms with E-state index in [2.05, 4.69) is 5.16 Å². The molecule has 0 aliphatic rings. The molecule has 1 amide bonds. The summed E-state index contributed by atoms with van der Waals surface area (Å²) in [7, 11) is 0. The van der Waals surface area contributed by atoms with Gasteiger partial charge in [-0.05, 0) is 32.0 Å². The summed E-state index contributed by atoms with van der Waals surface area (Å²) >= 11 is 5.80. The minimum absolute atomic E-state index is 0.0541. The number of nitrogens with zero attached hydrogens (tertiary/aromatic N) is 2. The second-order valence-electron chi connectivity index (χ2n) is 4.60. The first-order chi connectivity index (χ1) is 9.36. The first kappa shape index (κ1) is 16.1. The Kier molecular flexibility index (Phi) is 5.64. The molecule has 0 bridgehead atoms. The number of carbonyl (C=O) groups excluding carboxylic acids is 1. The Balaban J connectivity index is 2.90. The second kappa shape index (κ2) is 7.00. The molecule has 0 radical (unpaired) electrons. The molecular weight excluding hydrogens is 282 g/mol. The van der Waals surface area contributed by atoms with Crippen LogP contribution in [0.2, 0.25) is 5.02 Å². The number of benzene rings is 1. The van der Waals surface area contributed by atoms with Crippen LogP contribution in [0.3, 0.4) is 0 Å². The average molecular weight is 300 g/mol. The first-order valence-electron chi connectivity index (χ1n) is 6.12. The Morgan fingerprint density at radius 3 is 2.65 bits per heavy atom. The molecule has 110 valence electrons. The summed E-state index contributed by atoms with van der Waals surface area (Å²) in [4.78, 5) is 14.0. The first-order valence-corrected chi connectivity index (χ1v) is 6.50. The van der Waals surface area contributed by atoms with Gasteiger partial charge in [-0.25, -0.2) is 0 Å². The molecule has 0 aromatic heterocycles. The van der Waals surface area contributed by atoms with E-state index in [1.54, 1.807) is 4.90 Å². The molecule has 0 aliphatic carbocycles. The Morgan fingerprint density at radius 1 is 1.50 bits per heavy atom. The number of rotatable bonds is 5. The third kappa shape index (κ3) is 4.03. The molecule has 0 fully saturated rings. The molecule has 0 saturated heterocycles. The largest absolute Gasteiger partial charge is 0.506 e. The molecule has 0 heterocycles. The highest BCUT2D eigenvalue weighted by atomic mass is 35.5. The Bertz CT molecular complexity index is 518. The zero-order chi connectivity index (χ0) is 15.3. The molecule has 0 unspecified atom stereocenters. The summed E-state index contributed by atoms with van der Waals surface area (Å²) in [6.45, 7) is 4.06. The van der Waals surface area contributed by atoms with Crippen molar-refractivity contribution < 1.29 is 15.1 Å². The van der Waals surface area contributed by atoms with Gasteiger partial charge in [0, 0.05) is 24.6 Å². The van der Waals surface area contributed by atoms with Gasteiger partial charge in [-0.2, -0.15) is 0 Å². The molecule has 1 rings (SSSR count). The van der Waals surface area contributed by atoms with Crippen LogP contribution in [-0.2, 0) is 0 Å². The number of phenols is 1. The van der Waals surface area contributed by atoms with Crippen LogP contribution < -0.4 is 5.73 Å². The van der Waals surface area contributed by atoms with Crippen LogP contribution in [-0.4, -0.2) is 39.5 Å². The summed E-state index contributed by atoms with van der Waals surface area (Å²) < 4.78 is 0. The zero-order valence-electron chi connectivity index (χ0n) is 11.4. The minimum atomic E-state index is -0.229. The number of hydrogen-bond donors (Lipinski definition) is 3. The molecule has 1 aromatic rings. The predicted octanol–water partition coefficient (Wildman–Crippen LogP) is 2.03. The van der Waals surface area contributed by atoms with E-state index in [9.17, 15) is 9.90 Å². The van der Waals surface area contributed by atoms with E-state index < -0.39 is 0 Å². The van der Waals surface area contributed by atoms with Crippen molar-refractivity contribution in [3.63, 3.8) is 0 Å². The fourth-order valence-electron chi connectivity index (χ4n) is 1.69. The van der Waals surface area contributed by atoms with E-state index in [4.69, 9.17) is 22.5 Å². The number of carbonyl (C=O) groups is 1. The molecule has 4 N–H and O–H groups in total. The van der Waals surface area contributed by atoms with E-state index in [1.165, 1.54) is 18.2 Å². The van der Waals surface area contributed by atoms with Crippen LogP contribution >= 0.6 is 11.6 Å². The fourth-order valence-corrected chi connectivity index (χ4v) is 1.87. The van der Waals surface area contributed by atoms with Crippen molar-refractivity contribution in [1.29, 1.82) is 0 Å². The number of amidine groups is 1. The standard InChI is InChI=1S/C13H18ClN3O3/c1-8(2)17(6-5-12(15)16-20)13(19)9-3-4-11(18)10(14)7-9/h3-4,7-8,18,20H,5-6H2,1-2H3,(H2,15,16). The van der Waals surface area contributed by atoms with E-state index in [1.807, 2.05) is 13.8 Å². The summed E-state index contributed by atoms with van der Waals surface area (Å²) in [5.74, 6) is -0.240. The molecular formula is C13H18ClN3O3. The zero-order valence-corrected chi connectivity index (χ0v) is 12.1. The topological polar surface area (TPSA) is 99.1 Å². The van der Waals surface area contributed by atoms with Gasteiger partial charge in [0.05, 0.1) is 5.02 Å². The fraction of sp³-hybridized carbons (Fsp3) is 0.385. The van der Waals surface area contributed by atoms with Gasteiger partial charge < -0.3 is 20.9 Å². The van der Waals surface area contributed by atoms with E-state index >= 15 is 0 Å². The van der Waals surface area contributed by atoms with Crippen LogP contribution in [0.15, 0.2) is 23.4 Å². The maximum absolute atomic E-state index is 12.4. The Hall–Kier alpha value is -1.95. The van der Waals surface area contributed by atoms with Gasteiger partial charge in [-0.15, -0.1) is 0 Å². The number of halogens is 1. The van der Waals surface area contributed by atoms with Gasteiger partial charge >= 0.3 is 0 Å². The van der Waals surface area contributed by atoms with Crippen LogP contribution in [0.5, 0.6) is 5.75 Å². The van der Waals surface area contributed by atoms with Crippen LogP contribution in [0.25, 0.3) is 0 Å². The van der Waals surface area contributed by atoms with Crippen LogP contribution in [0.1, 0.15) is 30.6 Å². The van der Waals surface area contributed by atoms with Crippen molar-refractivity contribution in [2.75, 3.05) is 6.54 Å². The molecule has 0 spiro atoms. The smallest absolute Gasteiger partial charge is 0.254 e. The highest BCUT2D eigenvalue weighted by Crippen LogP contribution is 2.24. The SMILES string of the molecule is CC(C)N(CCC(N)=NO)C(=O)c1ccc(O)c(Cl)c1. The monoisotopic (exact) mass is 299 g/mol. The second-order valence-corrected chi connectivity index (χ2v) is 5.01. The molecule has 0 atom stereocenters. The van der Waals surface area contributed by atoms with Crippen LogP contribution in [0, 0.1) is 0 Å². The molecule has 0 aliphatic heterocycles. The predicted molar refractivity (Wildman–Crippen MR) is 77.3 cm³/mol. The summed E-state index contributed by atoms with van der Waals surface area (Å²) in [5.41, 5.74) is 5.79. The number of aromatic hydroxyl groups is 1. The van der Waals surface area contributed by atoms with Crippen molar-refractivity contribution in [2.24, 2.45) is 10.9 Å². The number of nitrogens with two attached hydrogens (primary N) is 1. The van der Waals surface area contributed by atoms with Gasteiger partial charge in [-0.3, -0.25) is 4.79 Å². The van der Waals surface area contributed by atoms with E-state index in [-0.39, 0.29) is 35.0 Å². The van der Waals surface area contributed by atoms with Crippen molar-refractivity contribution >= 4 is 23.3 Å². The summed E-state index contributed by atoms with van der Waals surface area (Å²) in [6, 6.07) is 4.24. The third-order valence-electron chi connectivity index (χ3n) is 2.82. The van der Waals surface area contributed by atoms with Crippen molar-refractivity contribution in [2.45, 2.75) is 26.3 Å². The van der Waals surface area contributed by atoms with Crippen LogP contribution in [0.4, 0.5) is 0 Å². The normalized spacial score (nSPS) is 11.7.